The molecule has 1 aliphatic rings. The summed E-state index contributed by atoms with van der Waals surface area (Å²) in [5.41, 5.74) is 2.58. The maximum absolute atomic E-state index is 11.2. The number of nitrogen functional groups attached to an aromatic ring is 1. The number of thioether (sulfide) groups is 1. The SMILES string of the molecule is NNC(=O)c1coc(CSC2CCCC2)c1. The lowest BCUT2D eigenvalue weighted by molar-refractivity contribution is 0.0953. The standard InChI is InChI=1S/C11H16N2O2S/c12-13-11(14)8-5-9(15-6-8)7-16-10-3-1-2-4-10/h5-6,10H,1-4,7,12H2,(H,13,14). The van der Waals surface area contributed by atoms with Crippen LogP contribution in [0.25, 0.3) is 0 Å². The number of hydrogen-bond donors (Lipinski definition) is 2. The molecule has 88 valence electrons. The Morgan fingerprint density at radius 3 is 3.00 bits per heavy atom. The summed E-state index contributed by atoms with van der Waals surface area (Å²) in [5, 5.41) is 0.761. The van der Waals surface area contributed by atoms with E-state index in [0.717, 1.165) is 16.8 Å². The maximum Gasteiger partial charge on any atom is 0.268 e. The molecule has 1 heterocycles. The second kappa shape index (κ2) is 5.41. The molecule has 1 aromatic heterocycles. The van der Waals surface area contributed by atoms with Crippen LogP contribution >= 0.6 is 11.8 Å². The summed E-state index contributed by atoms with van der Waals surface area (Å²) in [7, 11) is 0. The second-order valence-corrected chi connectivity index (χ2v) is 5.28. The van der Waals surface area contributed by atoms with Crippen molar-refractivity contribution in [3.8, 4) is 0 Å². The highest BCUT2D eigenvalue weighted by Crippen LogP contribution is 2.31. The van der Waals surface area contributed by atoms with Crippen LogP contribution in [-0.4, -0.2) is 11.2 Å². The summed E-state index contributed by atoms with van der Waals surface area (Å²) >= 11 is 1.91. The van der Waals surface area contributed by atoms with Crippen LogP contribution in [-0.2, 0) is 5.75 Å². The van der Waals surface area contributed by atoms with Crippen molar-refractivity contribution in [1.82, 2.24) is 5.43 Å². The topological polar surface area (TPSA) is 68.3 Å². The highest BCUT2D eigenvalue weighted by Gasteiger charge is 2.16. The number of nitrogens with two attached hydrogens (primary N) is 1. The third kappa shape index (κ3) is 2.80. The van der Waals surface area contributed by atoms with E-state index in [-0.39, 0.29) is 5.91 Å². The van der Waals surface area contributed by atoms with Crippen molar-refractivity contribution in [2.24, 2.45) is 5.84 Å². The fourth-order valence-electron chi connectivity index (χ4n) is 1.91. The van der Waals surface area contributed by atoms with E-state index in [2.05, 4.69) is 5.43 Å². The van der Waals surface area contributed by atoms with Crippen molar-refractivity contribution in [1.29, 1.82) is 0 Å². The summed E-state index contributed by atoms with van der Waals surface area (Å²) in [6.07, 6.45) is 6.75. The first-order chi connectivity index (χ1) is 7.79. The molecule has 0 aliphatic heterocycles. The van der Waals surface area contributed by atoms with Crippen LogP contribution in [0.15, 0.2) is 16.7 Å². The van der Waals surface area contributed by atoms with Gasteiger partial charge in [-0.25, -0.2) is 5.84 Å². The van der Waals surface area contributed by atoms with E-state index in [4.69, 9.17) is 10.3 Å². The molecule has 1 amide bonds. The number of carbonyl (C=O) groups is 1. The lowest BCUT2D eigenvalue weighted by Crippen LogP contribution is -2.29. The summed E-state index contributed by atoms with van der Waals surface area (Å²) < 4.78 is 5.31. The number of hydrogen-bond acceptors (Lipinski definition) is 4. The van der Waals surface area contributed by atoms with Crippen molar-refractivity contribution in [2.45, 2.75) is 36.7 Å². The minimum absolute atomic E-state index is 0.305. The second-order valence-electron chi connectivity index (χ2n) is 3.99. The van der Waals surface area contributed by atoms with Crippen LogP contribution in [0.4, 0.5) is 0 Å². The third-order valence-corrected chi connectivity index (χ3v) is 4.20. The van der Waals surface area contributed by atoms with Crippen LogP contribution in [0.3, 0.4) is 0 Å². The molecule has 0 spiro atoms. The van der Waals surface area contributed by atoms with Gasteiger partial charge < -0.3 is 4.42 Å². The van der Waals surface area contributed by atoms with Gasteiger partial charge in [0.25, 0.3) is 5.91 Å². The quantitative estimate of drug-likeness (QED) is 0.480. The Bertz CT molecular complexity index is 359. The average molecular weight is 240 g/mol. The monoisotopic (exact) mass is 240 g/mol. The van der Waals surface area contributed by atoms with E-state index in [1.54, 1.807) is 6.07 Å². The highest BCUT2D eigenvalue weighted by atomic mass is 32.2. The largest absolute Gasteiger partial charge is 0.468 e. The van der Waals surface area contributed by atoms with E-state index in [1.165, 1.54) is 31.9 Å². The molecule has 1 aromatic rings. The summed E-state index contributed by atoms with van der Waals surface area (Å²) in [4.78, 5) is 11.2. The van der Waals surface area contributed by atoms with Gasteiger partial charge in [0.1, 0.15) is 12.0 Å². The lowest BCUT2D eigenvalue weighted by Gasteiger charge is -2.05. The molecule has 2 rings (SSSR count). The minimum Gasteiger partial charge on any atom is -0.468 e. The predicted octanol–water partition coefficient (Wildman–Crippen LogP) is 2.06. The molecule has 16 heavy (non-hydrogen) atoms. The van der Waals surface area contributed by atoms with Gasteiger partial charge in [-0.2, -0.15) is 11.8 Å². The molecule has 0 unspecified atom stereocenters. The number of rotatable bonds is 4. The molecule has 1 saturated carbocycles. The highest BCUT2D eigenvalue weighted by molar-refractivity contribution is 7.99. The van der Waals surface area contributed by atoms with Crippen LogP contribution in [0, 0.1) is 0 Å². The molecule has 0 atom stereocenters. The molecule has 1 fully saturated rings. The van der Waals surface area contributed by atoms with Crippen molar-refractivity contribution >= 4 is 17.7 Å². The van der Waals surface area contributed by atoms with E-state index >= 15 is 0 Å². The Morgan fingerprint density at radius 1 is 1.56 bits per heavy atom. The van der Waals surface area contributed by atoms with Crippen molar-refractivity contribution in [2.75, 3.05) is 0 Å². The Labute approximate surface area is 98.9 Å². The third-order valence-electron chi connectivity index (χ3n) is 2.81. The Kier molecular flexibility index (Phi) is 3.90. The van der Waals surface area contributed by atoms with E-state index in [9.17, 15) is 4.79 Å². The van der Waals surface area contributed by atoms with Gasteiger partial charge in [-0.1, -0.05) is 12.8 Å². The zero-order chi connectivity index (χ0) is 11.4. The maximum atomic E-state index is 11.2. The van der Waals surface area contributed by atoms with Gasteiger partial charge in [-0.15, -0.1) is 0 Å². The molecule has 4 nitrogen and oxygen atoms in total. The van der Waals surface area contributed by atoms with Crippen LogP contribution in [0.5, 0.6) is 0 Å². The van der Waals surface area contributed by atoms with Crippen molar-refractivity contribution in [3.05, 3.63) is 23.7 Å². The van der Waals surface area contributed by atoms with E-state index < -0.39 is 0 Å². The number of hydrazine groups is 1. The van der Waals surface area contributed by atoms with E-state index in [1.807, 2.05) is 11.8 Å². The minimum atomic E-state index is -0.305. The summed E-state index contributed by atoms with van der Waals surface area (Å²) in [6, 6.07) is 1.75. The van der Waals surface area contributed by atoms with Gasteiger partial charge in [0.15, 0.2) is 0 Å². The van der Waals surface area contributed by atoms with E-state index in [0.29, 0.717) is 5.56 Å². The fraction of sp³-hybridized carbons (Fsp3) is 0.545. The van der Waals surface area contributed by atoms with Crippen LogP contribution in [0.2, 0.25) is 0 Å². The van der Waals surface area contributed by atoms with Gasteiger partial charge in [0, 0.05) is 5.25 Å². The van der Waals surface area contributed by atoms with Crippen molar-refractivity contribution < 1.29 is 9.21 Å². The van der Waals surface area contributed by atoms with Gasteiger partial charge >= 0.3 is 0 Å². The lowest BCUT2D eigenvalue weighted by atomic mass is 10.3. The summed E-state index contributed by atoms with van der Waals surface area (Å²) in [5.74, 6) is 6.41. The van der Waals surface area contributed by atoms with Gasteiger partial charge in [0.2, 0.25) is 0 Å². The van der Waals surface area contributed by atoms with Crippen LogP contribution < -0.4 is 11.3 Å². The first-order valence-corrected chi connectivity index (χ1v) is 6.54. The summed E-state index contributed by atoms with van der Waals surface area (Å²) in [6.45, 7) is 0. The fourth-order valence-corrected chi connectivity index (χ4v) is 3.13. The zero-order valence-corrected chi connectivity index (χ0v) is 9.89. The molecule has 0 saturated heterocycles. The van der Waals surface area contributed by atoms with Crippen molar-refractivity contribution in [3.63, 3.8) is 0 Å². The average Bonchev–Trinajstić information content (AvgIpc) is 2.96. The number of furan rings is 1. The Morgan fingerprint density at radius 2 is 2.31 bits per heavy atom. The number of amides is 1. The number of carbonyl (C=O) groups excluding carboxylic acids is 1. The van der Waals surface area contributed by atoms with Gasteiger partial charge in [0.05, 0.1) is 11.3 Å². The first kappa shape index (κ1) is 11.5. The molecule has 0 bridgehead atoms. The molecular weight excluding hydrogens is 224 g/mol. The molecule has 3 N–H and O–H groups in total. The zero-order valence-electron chi connectivity index (χ0n) is 9.07. The smallest absolute Gasteiger partial charge is 0.268 e. The van der Waals surface area contributed by atoms with Gasteiger partial charge in [-0.05, 0) is 18.9 Å². The number of nitrogens with one attached hydrogen (secondary N) is 1. The first-order valence-electron chi connectivity index (χ1n) is 5.49. The molecular formula is C11H16N2O2S. The molecule has 0 aromatic carbocycles. The van der Waals surface area contributed by atoms with Crippen LogP contribution in [0.1, 0.15) is 41.8 Å². The Hall–Kier alpha value is -0.940. The Balaban J connectivity index is 1.85. The molecule has 5 heteroatoms. The van der Waals surface area contributed by atoms with Gasteiger partial charge in [-0.3, -0.25) is 10.2 Å². The molecule has 1 aliphatic carbocycles. The molecule has 0 radical (unpaired) electrons. The normalized spacial score (nSPS) is 16.6. The predicted molar refractivity (Wildman–Crippen MR) is 63.9 cm³/mol.